The first-order valence-corrected chi connectivity index (χ1v) is 9.91. The summed E-state index contributed by atoms with van der Waals surface area (Å²) in [6.07, 6.45) is -1.02. The van der Waals surface area contributed by atoms with Gasteiger partial charge in [-0.1, -0.05) is 38.8 Å². The van der Waals surface area contributed by atoms with Crippen molar-refractivity contribution in [2.45, 2.75) is 88.8 Å². The average molecular weight is 405 g/mol. The highest BCUT2D eigenvalue weighted by Crippen LogP contribution is 2.22. The molecule has 1 amide bonds. The van der Waals surface area contributed by atoms with Gasteiger partial charge in [-0.15, -0.1) is 0 Å². The van der Waals surface area contributed by atoms with Gasteiger partial charge in [-0.2, -0.15) is 0 Å². The zero-order valence-electron chi connectivity index (χ0n) is 16.6. The number of aliphatic hydroxyl groups excluding tert-OH is 5. The normalized spacial score (nSPS) is 30.3. The van der Waals surface area contributed by atoms with Gasteiger partial charge in [-0.05, 0) is 12.8 Å². The molecule has 1 heterocycles. The fourth-order valence-corrected chi connectivity index (χ4v) is 2.78. The molecule has 1 aliphatic rings. The molecule has 0 bridgehead atoms. The van der Waals surface area contributed by atoms with Gasteiger partial charge in [-0.3, -0.25) is 4.79 Å². The van der Waals surface area contributed by atoms with Crippen molar-refractivity contribution in [2.24, 2.45) is 0 Å². The van der Waals surface area contributed by atoms with Crippen LogP contribution >= 0.6 is 0 Å². The van der Waals surface area contributed by atoms with E-state index in [0.717, 1.165) is 19.3 Å². The van der Waals surface area contributed by atoms with Crippen molar-refractivity contribution in [1.29, 1.82) is 0 Å². The van der Waals surface area contributed by atoms with Crippen molar-refractivity contribution < 1.29 is 39.8 Å². The van der Waals surface area contributed by atoms with E-state index < -0.39 is 49.5 Å². The molecular weight excluding hydrogens is 370 g/mol. The highest BCUT2D eigenvalue weighted by molar-refractivity contribution is 5.76. The van der Waals surface area contributed by atoms with E-state index in [1.54, 1.807) is 6.08 Å². The third-order valence-electron chi connectivity index (χ3n) is 4.59. The monoisotopic (exact) mass is 405 g/mol. The molecule has 7 unspecified atom stereocenters. The highest BCUT2D eigenvalue weighted by Gasteiger charge is 2.44. The van der Waals surface area contributed by atoms with Crippen LogP contribution in [0, 0.1) is 0 Å². The number of carbonyl (C=O) groups excluding carboxylic acids is 1. The van der Waals surface area contributed by atoms with Gasteiger partial charge in [0.25, 0.3) is 0 Å². The maximum atomic E-state index is 12.1. The van der Waals surface area contributed by atoms with Gasteiger partial charge in [0.1, 0.15) is 24.4 Å². The summed E-state index contributed by atoms with van der Waals surface area (Å²) in [5.74, 6) is -0.229. The summed E-state index contributed by atoms with van der Waals surface area (Å²) in [5.41, 5.74) is 0. The molecule has 1 fully saturated rings. The average Bonchev–Trinajstić information content (AvgIpc) is 2.69. The van der Waals surface area contributed by atoms with Crippen LogP contribution in [0.5, 0.6) is 0 Å². The Morgan fingerprint density at radius 2 is 1.89 bits per heavy atom. The van der Waals surface area contributed by atoms with E-state index in [4.69, 9.17) is 9.47 Å². The number of hydrogen-bond donors (Lipinski definition) is 6. The SMILES string of the molecule is CCC/C=C/C(O)C(COC1OC(CO)C(O)C(O)C1O)NC(=O)CCCC. The summed E-state index contributed by atoms with van der Waals surface area (Å²) < 4.78 is 10.8. The number of aliphatic hydroxyl groups is 5. The van der Waals surface area contributed by atoms with E-state index >= 15 is 0 Å². The van der Waals surface area contributed by atoms with Crippen LogP contribution in [0.2, 0.25) is 0 Å². The quantitative estimate of drug-likeness (QED) is 0.231. The maximum Gasteiger partial charge on any atom is 0.220 e. The molecule has 28 heavy (non-hydrogen) atoms. The van der Waals surface area contributed by atoms with Crippen molar-refractivity contribution >= 4 is 5.91 Å². The highest BCUT2D eigenvalue weighted by atomic mass is 16.7. The molecule has 164 valence electrons. The summed E-state index contributed by atoms with van der Waals surface area (Å²) in [4.78, 5) is 12.1. The lowest BCUT2D eigenvalue weighted by Crippen LogP contribution is -2.60. The minimum Gasteiger partial charge on any atom is -0.394 e. The van der Waals surface area contributed by atoms with Crippen LogP contribution < -0.4 is 5.32 Å². The van der Waals surface area contributed by atoms with Gasteiger partial charge >= 0.3 is 0 Å². The Hall–Kier alpha value is -1.07. The number of unbranched alkanes of at least 4 members (excludes halogenated alkanes) is 2. The summed E-state index contributed by atoms with van der Waals surface area (Å²) in [5, 5.41) is 52.0. The molecule has 0 aliphatic carbocycles. The molecule has 6 N–H and O–H groups in total. The molecular formula is C19H35NO8. The molecule has 1 aliphatic heterocycles. The van der Waals surface area contributed by atoms with Gasteiger partial charge in [0, 0.05) is 6.42 Å². The first kappa shape index (κ1) is 25.0. The summed E-state index contributed by atoms with van der Waals surface area (Å²) >= 11 is 0. The molecule has 0 aromatic carbocycles. The smallest absolute Gasteiger partial charge is 0.220 e. The Bertz CT molecular complexity index is 473. The number of nitrogens with one attached hydrogen (secondary N) is 1. The molecule has 9 heteroatoms. The van der Waals surface area contributed by atoms with Crippen LogP contribution in [-0.4, -0.2) is 87.5 Å². The first-order valence-electron chi connectivity index (χ1n) is 9.91. The molecule has 0 aromatic rings. The Morgan fingerprint density at radius 3 is 2.50 bits per heavy atom. The van der Waals surface area contributed by atoms with Crippen molar-refractivity contribution in [3.8, 4) is 0 Å². The molecule has 1 saturated heterocycles. The Balaban J connectivity index is 2.74. The van der Waals surface area contributed by atoms with E-state index in [1.807, 2.05) is 19.9 Å². The van der Waals surface area contributed by atoms with Gasteiger partial charge < -0.3 is 40.3 Å². The van der Waals surface area contributed by atoms with Crippen molar-refractivity contribution in [3.63, 3.8) is 0 Å². The van der Waals surface area contributed by atoms with Crippen LogP contribution in [0.15, 0.2) is 12.2 Å². The molecule has 0 radical (unpaired) electrons. The number of amides is 1. The summed E-state index contributed by atoms with van der Waals surface area (Å²) in [7, 11) is 0. The fourth-order valence-electron chi connectivity index (χ4n) is 2.78. The summed E-state index contributed by atoms with van der Waals surface area (Å²) in [6, 6.07) is -0.787. The zero-order chi connectivity index (χ0) is 21.1. The third-order valence-corrected chi connectivity index (χ3v) is 4.59. The van der Waals surface area contributed by atoms with Gasteiger partial charge in [0.2, 0.25) is 5.91 Å². The van der Waals surface area contributed by atoms with Gasteiger partial charge in [0.15, 0.2) is 6.29 Å². The second kappa shape index (κ2) is 13.2. The van der Waals surface area contributed by atoms with E-state index in [2.05, 4.69) is 5.32 Å². The maximum absolute atomic E-state index is 12.1. The van der Waals surface area contributed by atoms with Crippen LogP contribution in [-0.2, 0) is 14.3 Å². The van der Waals surface area contributed by atoms with E-state index in [9.17, 15) is 30.3 Å². The fraction of sp³-hybridized carbons (Fsp3) is 0.842. The van der Waals surface area contributed by atoms with E-state index in [-0.39, 0.29) is 12.5 Å². The minimum atomic E-state index is -1.55. The molecule has 0 aromatic heterocycles. The topological polar surface area (TPSA) is 149 Å². The van der Waals surface area contributed by atoms with Crippen LogP contribution in [0.4, 0.5) is 0 Å². The largest absolute Gasteiger partial charge is 0.394 e. The molecule has 7 atom stereocenters. The van der Waals surface area contributed by atoms with Gasteiger partial charge in [0.05, 0.1) is 25.4 Å². The standard InChI is InChI=1S/C19H35NO8/c1-3-5-7-8-13(22)12(20-15(23)9-6-4-2)11-27-19-18(26)17(25)16(24)14(10-21)28-19/h7-8,12-14,16-19,21-22,24-26H,3-6,9-11H2,1-2H3,(H,20,23)/b8-7+. The van der Waals surface area contributed by atoms with Crippen molar-refractivity contribution in [2.75, 3.05) is 13.2 Å². The van der Waals surface area contributed by atoms with E-state index in [1.165, 1.54) is 0 Å². The minimum absolute atomic E-state index is 0.196. The van der Waals surface area contributed by atoms with Crippen molar-refractivity contribution in [3.05, 3.63) is 12.2 Å². The number of rotatable bonds is 12. The predicted octanol–water partition coefficient (Wildman–Crippen LogP) is -0.805. The summed E-state index contributed by atoms with van der Waals surface area (Å²) in [6.45, 7) is 3.21. The Morgan fingerprint density at radius 1 is 1.18 bits per heavy atom. The molecule has 0 saturated carbocycles. The molecule has 1 rings (SSSR count). The van der Waals surface area contributed by atoms with Crippen molar-refractivity contribution in [1.82, 2.24) is 5.32 Å². The second-order valence-electron chi connectivity index (χ2n) is 7.02. The lowest BCUT2D eigenvalue weighted by Gasteiger charge is -2.40. The number of carbonyl (C=O) groups is 1. The van der Waals surface area contributed by atoms with Gasteiger partial charge in [-0.25, -0.2) is 0 Å². The van der Waals surface area contributed by atoms with E-state index in [0.29, 0.717) is 12.8 Å². The third kappa shape index (κ3) is 7.75. The lowest BCUT2D eigenvalue weighted by atomic mass is 9.99. The van der Waals surface area contributed by atoms with Crippen LogP contribution in [0.25, 0.3) is 0 Å². The predicted molar refractivity (Wildman–Crippen MR) is 101 cm³/mol. The first-order chi connectivity index (χ1) is 13.3. The second-order valence-corrected chi connectivity index (χ2v) is 7.02. The Kier molecular flexibility index (Phi) is 11.8. The van der Waals surface area contributed by atoms with Crippen LogP contribution in [0.1, 0.15) is 46.0 Å². The zero-order valence-corrected chi connectivity index (χ0v) is 16.6. The van der Waals surface area contributed by atoms with Crippen LogP contribution in [0.3, 0.4) is 0 Å². The molecule has 0 spiro atoms. The number of hydrogen-bond acceptors (Lipinski definition) is 8. The molecule has 9 nitrogen and oxygen atoms in total. The number of ether oxygens (including phenoxy) is 2. The Labute approximate surface area is 166 Å². The number of allylic oxidation sites excluding steroid dienone is 1. The lowest BCUT2D eigenvalue weighted by molar-refractivity contribution is -0.302.